The molecule has 1 aliphatic rings. The van der Waals surface area contributed by atoms with Crippen molar-refractivity contribution in [2.45, 2.75) is 6.92 Å². The molecule has 0 atom stereocenters. The highest BCUT2D eigenvalue weighted by atomic mass is 16.5. The van der Waals surface area contributed by atoms with Gasteiger partial charge in [-0.25, -0.2) is 9.80 Å². The molecule has 0 radical (unpaired) electrons. The number of urea groups is 1. The second kappa shape index (κ2) is 7.05. The number of aryl methyl sites for hydroxylation is 1. The molecule has 0 bridgehead atoms. The third-order valence-corrected chi connectivity index (χ3v) is 3.15. The average Bonchev–Trinajstić information content (AvgIpc) is 2.46. The second-order valence-corrected chi connectivity index (χ2v) is 4.83. The SMILES string of the molecule is Cc1ccc(N(CC(=O)O)C(=O)NN2CCOCC2)cc1. The topological polar surface area (TPSA) is 82.1 Å². The maximum absolute atomic E-state index is 12.3. The van der Waals surface area contributed by atoms with Gasteiger partial charge in [0.1, 0.15) is 6.54 Å². The van der Waals surface area contributed by atoms with Crippen molar-refractivity contribution in [2.24, 2.45) is 0 Å². The number of carboxylic acids is 1. The zero-order valence-corrected chi connectivity index (χ0v) is 11.9. The Balaban J connectivity index is 2.08. The highest BCUT2D eigenvalue weighted by Gasteiger charge is 2.21. The smallest absolute Gasteiger partial charge is 0.336 e. The van der Waals surface area contributed by atoms with E-state index in [9.17, 15) is 9.59 Å². The number of hydrazine groups is 1. The molecule has 0 aliphatic carbocycles. The van der Waals surface area contributed by atoms with E-state index in [2.05, 4.69) is 5.43 Å². The molecular formula is C14H19N3O4. The number of morpholine rings is 1. The number of nitrogens with one attached hydrogen (secondary N) is 1. The van der Waals surface area contributed by atoms with Crippen LogP contribution in [0.15, 0.2) is 24.3 Å². The maximum atomic E-state index is 12.3. The number of hydrogen-bond donors (Lipinski definition) is 2. The summed E-state index contributed by atoms with van der Waals surface area (Å²) in [5.74, 6) is -1.06. The van der Waals surface area contributed by atoms with Crippen LogP contribution >= 0.6 is 0 Å². The van der Waals surface area contributed by atoms with Crippen LogP contribution < -0.4 is 10.3 Å². The number of anilines is 1. The lowest BCUT2D eigenvalue weighted by Gasteiger charge is -2.30. The summed E-state index contributed by atoms with van der Waals surface area (Å²) in [6.07, 6.45) is 0. The van der Waals surface area contributed by atoms with Gasteiger partial charge < -0.3 is 9.84 Å². The van der Waals surface area contributed by atoms with Crippen LogP contribution in [-0.4, -0.2) is 55.0 Å². The predicted octanol–water partition coefficient (Wildman–Crippen LogP) is 0.843. The highest BCUT2D eigenvalue weighted by molar-refractivity contribution is 5.96. The molecule has 1 saturated heterocycles. The predicted molar refractivity (Wildman–Crippen MR) is 77.1 cm³/mol. The van der Waals surface area contributed by atoms with Crippen LogP contribution in [0.1, 0.15) is 5.56 Å². The van der Waals surface area contributed by atoms with Gasteiger partial charge in [0.15, 0.2) is 0 Å². The molecular weight excluding hydrogens is 274 g/mol. The Morgan fingerprint density at radius 3 is 2.48 bits per heavy atom. The van der Waals surface area contributed by atoms with Crippen molar-refractivity contribution in [3.05, 3.63) is 29.8 Å². The molecule has 1 heterocycles. The number of rotatable bonds is 4. The van der Waals surface area contributed by atoms with Gasteiger partial charge in [-0.05, 0) is 19.1 Å². The van der Waals surface area contributed by atoms with E-state index in [0.29, 0.717) is 32.0 Å². The average molecular weight is 293 g/mol. The van der Waals surface area contributed by atoms with E-state index in [1.807, 2.05) is 19.1 Å². The standard InChI is InChI=1S/C14H19N3O4/c1-11-2-4-12(5-3-11)17(10-13(18)19)14(20)15-16-6-8-21-9-7-16/h2-5H,6-10H2,1H3,(H,15,20)(H,18,19). The lowest BCUT2D eigenvalue weighted by atomic mass is 10.2. The first-order valence-electron chi connectivity index (χ1n) is 6.75. The minimum Gasteiger partial charge on any atom is -0.480 e. The van der Waals surface area contributed by atoms with Gasteiger partial charge in [0.2, 0.25) is 0 Å². The molecule has 1 fully saturated rings. The number of carbonyl (C=O) groups excluding carboxylic acids is 1. The van der Waals surface area contributed by atoms with Gasteiger partial charge in [-0.15, -0.1) is 0 Å². The van der Waals surface area contributed by atoms with E-state index in [0.717, 1.165) is 5.56 Å². The molecule has 1 aromatic rings. The van der Waals surface area contributed by atoms with E-state index in [4.69, 9.17) is 9.84 Å². The molecule has 2 N–H and O–H groups in total. The zero-order chi connectivity index (χ0) is 15.2. The van der Waals surface area contributed by atoms with Crippen molar-refractivity contribution in [1.29, 1.82) is 0 Å². The maximum Gasteiger partial charge on any atom is 0.336 e. The Morgan fingerprint density at radius 1 is 1.29 bits per heavy atom. The minimum atomic E-state index is -1.06. The van der Waals surface area contributed by atoms with Crippen molar-refractivity contribution in [3.8, 4) is 0 Å². The third-order valence-electron chi connectivity index (χ3n) is 3.15. The van der Waals surface area contributed by atoms with Crippen molar-refractivity contribution in [1.82, 2.24) is 10.4 Å². The molecule has 114 valence electrons. The molecule has 2 rings (SSSR count). The fourth-order valence-electron chi connectivity index (χ4n) is 2.01. The number of hydrogen-bond acceptors (Lipinski definition) is 4. The lowest BCUT2D eigenvalue weighted by molar-refractivity contribution is -0.135. The molecule has 0 aromatic heterocycles. The summed E-state index contributed by atoms with van der Waals surface area (Å²) in [6.45, 7) is 3.80. The molecule has 21 heavy (non-hydrogen) atoms. The second-order valence-electron chi connectivity index (χ2n) is 4.83. The Kier molecular flexibility index (Phi) is 5.13. The highest BCUT2D eigenvalue weighted by Crippen LogP contribution is 2.15. The van der Waals surface area contributed by atoms with Crippen LogP contribution in [0.3, 0.4) is 0 Å². The molecule has 2 amide bonds. The first kappa shape index (κ1) is 15.3. The number of benzene rings is 1. The van der Waals surface area contributed by atoms with Gasteiger partial charge in [0.05, 0.1) is 13.2 Å². The monoisotopic (exact) mass is 293 g/mol. The van der Waals surface area contributed by atoms with E-state index in [-0.39, 0.29) is 6.54 Å². The summed E-state index contributed by atoms with van der Waals surface area (Å²) in [6, 6.07) is 6.69. The first-order valence-corrected chi connectivity index (χ1v) is 6.75. The Hall–Kier alpha value is -2.12. The van der Waals surface area contributed by atoms with Crippen LogP contribution in [0.4, 0.5) is 10.5 Å². The summed E-state index contributed by atoms with van der Waals surface area (Å²) < 4.78 is 5.20. The molecule has 0 unspecified atom stereocenters. The summed E-state index contributed by atoms with van der Waals surface area (Å²) in [5.41, 5.74) is 4.31. The zero-order valence-electron chi connectivity index (χ0n) is 11.9. The number of carboxylic acid groups (broad SMARTS) is 1. The molecule has 1 aliphatic heterocycles. The Bertz CT molecular complexity index is 497. The summed E-state index contributed by atoms with van der Waals surface area (Å²) in [7, 11) is 0. The molecule has 0 saturated carbocycles. The molecule has 0 spiro atoms. The van der Waals surface area contributed by atoms with Crippen LogP contribution in [0.5, 0.6) is 0 Å². The van der Waals surface area contributed by atoms with Gasteiger partial charge in [-0.3, -0.25) is 15.1 Å². The van der Waals surface area contributed by atoms with E-state index in [1.165, 1.54) is 4.90 Å². The van der Waals surface area contributed by atoms with Gasteiger partial charge in [0.25, 0.3) is 0 Å². The summed E-state index contributed by atoms with van der Waals surface area (Å²) in [5, 5.41) is 10.7. The number of nitrogens with zero attached hydrogens (tertiary/aromatic N) is 2. The quantitative estimate of drug-likeness (QED) is 0.860. The van der Waals surface area contributed by atoms with Crippen LogP contribution in [0, 0.1) is 6.92 Å². The van der Waals surface area contributed by atoms with Gasteiger partial charge in [0, 0.05) is 18.8 Å². The van der Waals surface area contributed by atoms with Crippen LogP contribution in [0.25, 0.3) is 0 Å². The minimum absolute atomic E-state index is 0.390. The van der Waals surface area contributed by atoms with Gasteiger partial charge in [-0.1, -0.05) is 17.7 Å². The molecule has 1 aromatic carbocycles. The largest absolute Gasteiger partial charge is 0.480 e. The fourth-order valence-corrected chi connectivity index (χ4v) is 2.01. The number of aliphatic carboxylic acids is 1. The normalized spacial score (nSPS) is 15.5. The van der Waals surface area contributed by atoms with Crippen LogP contribution in [-0.2, 0) is 9.53 Å². The number of ether oxygens (including phenoxy) is 1. The van der Waals surface area contributed by atoms with Crippen molar-refractivity contribution >= 4 is 17.7 Å². The summed E-state index contributed by atoms with van der Waals surface area (Å²) >= 11 is 0. The molecule has 7 nitrogen and oxygen atoms in total. The lowest BCUT2D eigenvalue weighted by Crippen LogP contribution is -2.53. The van der Waals surface area contributed by atoms with Gasteiger partial charge >= 0.3 is 12.0 Å². The van der Waals surface area contributed by atoms with Crippen LogP contribution in [0.2, 0.25) is 0 Å². The van der Waals surface area contributed by atoms with Crippen molar-refractivity contribution < 1.29 is 19.4 Å². The van der Waals surface area contributed by atoms with Crippen molar-refractivity contribution in [2.75, 3.05) is 37.7 Å². The fraction of sp³-hybridized carbons (Fsp3) is 0.429. The number of carbonyl (C=O) groups is 2. The van der Waals surface area contributed by atoms with E-state index >= 15 is 0 Å². The van der Waals surface area contributed by atoms with E-state index < -0.39 is 12.0 Å². The number of amides is 2. The third kappa shape index (κ3) is 4.44. The summed E-state index contributed by atoms with van der Waals surface area (Å²) in [4.78, 5) is 24.5. The molecule has 7 heteroatoms. The van der Waals surface area contributed by atoms with Crippen molar-refractivity contribution in [3.63, 3.8) is 0 Å². The van der Waals surface area contributed by atoms with E-state index in [1.54, 1.807) is 17.1 Å². The first-order chi connectivity index (χ1) is 10.1. The Morgan fingerprint density at radius 2 is 1.90 bits per heavy atom. The Labute approximate surface area is 123 Å². The van der Waals surface area contributed by atoms with Gasteiger partial charge in [-0.2, -0.15) is 0 Å².